The maximum absolute atomic E-state index is 12.6. The van der Waals surface area contributed by atoms with Crippen LogP contribution in [0.3, 0.4) is 0 Å². The van der Waals surface area contributed by atoms with E-state index in [0.717, 1.165) is 31.6 Å². The first kappa shape index (κ1) is 22.3. The van der Waals surface area contributed by atoms with Crippen LogP contribution in [0, 0.1) is 0 Å². The Hall–Kier alpha value is -1.96. The highest BCUT2D eigenvalue weighted by molar-refractivity contribution is 7.87. The maximum Gasteiger partial charge on any atom is 0.318 e. The van der Waals surface area contributed by atoms with Crippen LogP contribution in [0.5, 0.6) is 5.75 Å². The summed E-state index contributed by atoms with van der Waals surface area (Å²) in [6.07, 6.45) is 1.93. The lowest BCUT2D eigenvalue weighted by Gasteiger charge is -2.26. The average molecular weight is 412 g/mol. The lowest BCUT2D eigenvalue weighted by Crippen LogP contribution is -2.43. The molecule has 0 radical (unpaired) electrons. The van der Waals surface area contributed by atoms with E-state index < -0.39 is 10.1 Å². The average Bonchev–Trinajstić information content (AvgIpc) is 3.46. The van der Waals surface area contributed by atoms with Gasteiger partial charge >= 0.3 is 16.1 Å². The molecule has 0 aromatic heterocycles. The molecular formula is C20H33N3O4S. The van der Waals surface area contributed by atoms with E-state index in [1.54, 1.807) is 17.9 Å². The first-order valence-electron chi connectivity index (χ1n) is 10.1. The Morgan fingerprint density at radius 1 is 1.21 bits per heavy atom. The zero-order valence-corrected chi connectivity index (χ0v) is 18.4. The highest BCUT2D eigenvalue weighted by Crippen LogP contribution is 2.33. The third-order valence-corrected chi connectivity index (χ3v) is 5.89. The highest BCUT2D eigenvalue weighted by atomic mass is 32.2. The SMILES string of the molecule is CCN(CC)c1ccc(CN(C(=O)NC(C)C)C2CC2)c(OS(=O)(=O)CC)c1. The molecule has 1 saturated carbocycles. The molecule has 0 heterocycles. The van der Waals surface area contributed by atoms with Gasteiger partial charge in [0.15, 0.2) is 0 Å². The number of benzene rings is 1. The molecule has 2 rings (SSSR count). The van der Waals surface area contributed by atoms with Gasteiger partial charge < -0.3 is 19.3 Å². The third-order valence-electron chi connectivity index (χ3n) is 4.75. The predicted molar refractivity (Wildman–Crippen MR) is 112 cm³/mol. The van der Waals surface area contributed by atoms with Crippen molar-refractivity contribution < 1.29 is 17.4 Å². The molecule has 2 amide bonds. The molecule has 7 nitrogen and oxygen atoms in total. The van der Waals surface area contributed by atoms with E-state index in [9.17, 15) is 13.2 Å². The van der Waals surface area contributed by atoms with Gasteiger partial charge in [-0.3, -0.25) is 0 Å². The first-order chi connectivity index (χ1) is 13.2. The Morgan fingerprint density at radius 3 is 2.36 bits per heavy atom. The lowest BCUT2D eigenvalue weighted by atomic mass is 10.1. The van der Waals surface area contributed by atoms with Gasteiger partial charge in [-0.2, -0.15) is 8.42 Å². The standard InChI is InChI=1S/C20H33N3O4S/c1-6-22(7-2)18-10-9-16(19(13-18)27-28(25,26)8-3)14-23(17-11-12-17)20(24)21-15(4)5/h9-10,13,15,17H,6-8,11-12,14H2,1-5H3,(H,21,24). The number of hydrogen-bond acceptors (Lipinski definition) is 5. The summed E-state index contributed by atoms with van der Waals surface area (Å²) in [6, 6.07) is 5.69. The first-order valence-corrected chi connectivity index (χ1v) is 11.7. The third kappa shape index (κ3) is 6.02. The van der Waals surface area contributed by atoms with Crippen LogP contribution in [0.15, 0.2) is 18.2 Å². The fourth-order valence-corrected chi connectivity index (χ4v) is 3.55. The van der Waals surface area contributed by atoms with Crippen LogP contribution in [0.1, 0.15) is 53.0 Å². The van der Waals surface area contributed by atoms with E-state index in [0.29, 0.717) is 17.9 Å². The van der Waals surface area contributed by atoms with Crippen molar-refractivity contribution in [2.75, 3.05) is 23.7 Å². The molecule has 0 bridgehead atoms. The minimum absolute atomic E-state index is 0.0370. The molecule has 158 valence electrons. The fraction of sp³-hybridized carbons (Fsp3) is 0.650. The maximum atomic E-state index is 12.6. The minimum atomic E-state index is -3.67. The van der Waals surface area contributed by atoms with Crippen molar-refractivity contribution in [1.82, 2.24) is 10.2 Å². The molecule has 1 N–H and O–H groups in total. The molecular weight excluding hydrogens is 378 g/mol. The second-order valence-corrected chi connectivity index (χ2v) is 9.22. The molecule has 1 fully saturated rings. The topological polar surface area (TPSA) is 79.0 Å². The van der Waals surface area contributed by atoms with Crippen molar-refractivity contribution in [3.63, 3.8) is 0 Å². The molecule has 1 aliphatic rings. The van der Waals surface area contributed by atoms with E-state index in [4.69, 9.17) is 4.18 Å². The molecule has 0 atom stereocenters. The van der Waals surface area contributed by atoms with E-state index >= 15 is 0 Å². The zero-order chi connectivity index (χ0) is 20.9. The summed E-state index contributed by atoms with van der Waals surface area (Å²) in [7, 11) is -3.67. The van der Waals surface area contributed by atoms with Gasteiger partial charge in [-0.25, -0.2) is 4.79 Å². The predicted octanol–water partition coefficient (Wildman–Crippen LogP) is 3.34. The fourth-order valence-electron chi connectivity index (χ4n) is 3.00. The van der Waals surface area contributed by atoms with Gasteiger partial charge in [-0.1, -0.05) is 6.07 Å². The van der Waals surface area contributed by atoms with Crippen molar-refractivity contribution in [2.45, 2.75) is 66.1 Å². The van der Waals surface area contributed by atoms with Crippen LogP contribution in [0.25, 0.3) is 0 Å². The van der Waals surface area contributed by atoms with Crippen LogP contribution in [0.4, 0.5) is 10.5 Å². The van der Waals surface area contributed by atoms with Crippen LogP contribution in [0.2, 0.25) is 0 Å². The number of rotatable bonds is 10. The number of carbonyl (C=O) groups excluding carboxylic acids is 1. The van der Waals surface area contributed by atoms with Crippen molar-refractivity contribution >= 4 is 21.8 Å². The van der Waals surface area contributed by atoms with Crippen molar-refractivity contribution in [3.8, 4) is 5.75 Å². The van der Waals surface area contributed by atoms with E-state index in [-0.39, 0.29) is 23.9 Å². The number of amides is 2. The second-order valence-electron chi connectivity index (χ2n) is 7.36. The summed E-state index contributed by atoms with van der Waals surface area (Å²) in [6.45, 7) is 11.4. The van der Waals surface area contributed by atoms with Crippen LogP contribution >= 0.6 is 0 Å². The Kier molecular flexibility index (Phi) is 7.57. The van der Waals surface area contributed by atoms with Crippen molar-refractivity contribution in [3.05, 3.63) is 23.8 Å². The minimum Gasteiger partial charge on any atom is -0.382 e. The summed E-state index contributed by atoms with van der Waals surface area (Å²) >= 11 is 0. The van der Waals surface area contributed by atoms with Crippen LogP contribution < -0.4 is 14.4 Å². The summed E-state index contributed by atoms with van der Waals surface area (Å²) in [5, 5.41) is 2.93. The number of nitrogens with zero attached hydrogens (tertiary/aromatic N) is 2. The Labute approximate surface area is 169 Å². The summed E-state index contributed by atoms with van der Waals surface area (Å²) in [4.78, 5) is 16.5. The Balaban J connectivity index is 2.36. The van der Waals surface area contributed by atoms with Crippen molar-refractivity contribution in [2.24, 2.45) is 0 Å². The molecule has 0 unspecified atom stereocenters. The summed E-state index contributed by atoms with van der Waals surface area (Å²) < 4.78 is 29.7. The monoisotopic (exact) mass is 411 g/mol. The molecule has 8 heteroatoms. The Bertz CT molecular complexity index is 772. The van der Waals surface area contributed by atoms with Crippen LogP contribution in [-0.2, 0) is 16.7 Å². The number of hydrogen-bond donors (Lipinski definition) is 1. The number of nitrogens with one attached hydrogen (secondary N) is 1. The Morgan fingerprint density at radius 2 is 1.86 bits per heavy atom. The molecule has 1 aliphatic carbocycles. The molecule has 0 saturated heterocycles. The molecule has 1 aromatic carbocycles. The van der Waals surface area contributed by atoms with Gasteiger partial charge in [0.25, 0.3) is 0 Å². The molecule has 28 heavy (non-hydrogen) atoms. The number of urea groups is 1. The lowest BCUT2D eigenvalue weighted by molar-refractivity contribution is 0.189. The van der Waals surface area contributed by atoms with E-state index in [2.05, 4.69) is 10.2 Å². The second kappa shape index (κ2) is 9.49. The highest BCUT2D eigenvalue weighted by Gasteiger charge is 2.33. The smallest absolute Gasteiger partial charge is 0.318 e. The largest absolute Gasteiger partial charge is 0.382 e. The van der Waals surface area contributed by atoms with E-state index in [1.165, 1.54) is 0 Å². The quantitative estimate of drug-likeness (QED) is 0.598. The normalized spacial score (nSPS) is 14.1. The van der Waals surface area contributed by atoms with Gasteiger partial charge in [0, 0.05) is 42.5 Å². The zero-order valence-electron chi connectivity index (χ0n) is 17.6. The van der Waals surface area contributed by atoms with Crippen molar-refractivity contribution in [1.29, 1.82) is 0 Å². The number of carbonyl (C=O) groups is 1. The summed E-state index contributed by atoms with van der Waals surface area (Å²) in [5.41, 5.74) is 1.60. The van der Waals surface area contributed by atoms with Crippen LogP contribution in [-0.4, -0.2) is 50.3 Å². The van der Waals surface area contributed by atoms with Gasteiger partial charge in [-0.15, -0.1) is 0 Å². The van der Waals surface area contributed by atoms with Gasteiger partial charge in [0.1, 0.15) is 5.75 Å². The molecule has 0 spiro atoms. The van der Waals surface area contributed by atoms with Gasteiger partial charge in [0.2, 0.25) is 0 Å². The molecule has 0 aliphatic heterocycles. The molecule has 1 aromatic rings. The van der Waals surface area contributed by atoms with Gasteiger partial charge in [0.05, 0.1) is 12.3 Å². The number of anilines is 1. The summed E-state index contributed by atoms with van der Waals surface area (Å²) in [5.74, 6) is 0.191. The van der Waals surface area contributed by atoms with E-state index in [1.807, 2.05) is 39.8 Å². The van der Waals surface area contributed by atoms with Gasteiger partial charge in [-0.05, 0) is 53.5 Å².